The number of benzene rings is 1. The number of hydrogen-bond acceptors (Lipinski definition) is 2. The molecule has 1 unspecified atom stereocenters. The van der Waals surface area contributed by atoms with Crippen LogP contribution < -0.4 is 4.90 Å². The Balaban J connectivity index is 1.89. The molecule has 2 aromatic rings. The van der Waals surface area contributed by atoms with E-state index < -0.39 is 0 Å². The van der Waals surface area contributed by atoms with Crippen molar-refractivity contribution < 1.29 is 0 Å². The Morgan fingerprint density at radius 3 is 2.62 bits per heavy atom. The molecule has 1 spiro atoms. The van der Waals surface area contributed by atoms with Crippen LogP contribution >= 0.6 is 11.3 Å². The van der Waals surface area contributed by atoms with E-state index in [9.17, 15) is 0 Å². The minimum absolute atomic E-state index is 0.263. The van der Waals surface area contributed by atoms with Gasteiger partial charge in [-0.2, -0.15) is 0 Å². The molecule has 1 aromatic heterocycles. The maximum absolute atomic E-state index is 2.75. The zero-order chi connectivity index (χ0) is 14.4. The van der Waals surface area contributed by atoms with Gasteiger partial charge in [0.1, 0.15) is 0 Å². The van der Waals surface area contributed by atoms with Gasteiger partial charge >= 0.3 is 0 Å². The Bertz CT molecular complexity index is 651. The van der Waals surface area contributed by atoms with Gasteiger partial charge < -0.3 is 4.90 Å². The molecule has 2 heteroatoms. The van der Waals surface area contributed by atoms with Crippen LogP contribution in [0.4, 0.5) is 5.69 Å². The molecule has 4 rings (SSSR count). The SMILES string of the molecule is Cc1ccccc1N1C(C)c2sccc2C12CCCCC2. The maximum atomic E-state index is 2.75. The van der Waals surface area contributed by atoms with E-state index in [1.54, 1.807) is 10.4 Å². The maximum Gasteiger partial charge on any atom is 0.0672 e. The van der Waals surface area contributed by atoms with Crippen molar-refractivity contribution in [3.63, 3.8) is 0 Å². The number of fused-ring (bicyclic) bond motifs is 2. The van der Waals surface area contributed by atoms with Crippen LogP contribution in [0.1, 0.15) is 61.1 Å². The number of anilines is 1. The molecule has 1 aromatic carbocycles. The van der Waals surface area contributed by atoms with Crippen molar-refractivity contribution in [3.8, 4) is 0 Å². The number of aryl methyl sites for hydroxylation is 1. The molecule has 1 atom stereocenters. The van der Waals surface area contributed by atoms with Crippen LogP contribution in [0, 0.1) is 6.92 Å². The van der Waals surface area contributed by atoms with Crippen LogP contribution in [0.15, 0.2) is 35.7 Å². The van der Waals surface area contributed by atoms with E-state index in [1.165, 1.54) is 43.4 Å². The van der Waals surface area contributed by atoms with Gasteiger partial charge in [-0.15, -0.1) is 11.3 Å². The van der Waals surface area contributed by atoms with Gasteiger partial charge in [0.15, 0.2) is 0 Å². The summed E-state index contributed by atoms with van der Waals surface area (Å²) in [5.41, 5.74) is 4.74. The van der Waals surface area contributed by atoms with Gasteiger partial charge in [-0.3, -0.25) is 0 Å². The molecule has 0 amide bonds. The Labute approximate surface area is 131 Å². The first-order valence-corrected chi connectivity index (χ1v) is 9.05. The van der Waals surface area contributed by atoms with E-state index in [0.29, 0.717) is 6.04 Å². The number of nitrogens with zero attached hydrogens (tertiary/aromatic N) is 1. The summed E-state index contributed by atoms with van der Waals surface area (Å²) in [5, 5.41) is 2.30. The van der Waals surface area contributed by atoms with Crippen molar-refractivity contribution in [1.29, 1.82) is 0 Å². The van der Waals surface area contributed by atoms with E-state index in [0.717, 1.165) is 0 Å². The molecule has 0 bridgehead atoms. The monoisotopic (exact) mass is 297 g/mol. The highest BCUT2D eigenvalue weighted by Gasteiger charge is 2.49. The Kier molecular flexibility index (Phi) is 3.11. The summed E-state index contributed by atoms with van der Waals surface area (Å²) >= 11 is 1.95. The zero-order valence-electron chi connectivity index (χ0n) is 12.9. The molecule has 110 valence electrons. The lowest BCUT2D eigenvalue weighted by atomic mass is 9.77. The van der Waals surface area contributed by atoms with Crippen LogP contribution in [0.5, 0.6) is 0 Å². The quantitative estimate of drug-likeness (QED) is 0.643. The summed E-state index contributed by atoms with van der Waals surface area (Å²) in [6, 6.07) is 11.8. The van der Waals surface area contributed by atoms with Gasteiger partial charge in [0.25, 0.3) is 0 Å². The first kappa shape index (κ1) is 13.4. The fourth-order valence-corrected chi connectivity index (χ4v) is 5.60. The molecule has 2 aliphatic rings. The van der Waals surface area contributed by atoms with E-state index in [4.69, 9.17) is 0 Å². The smallest absolute Gasteiger partial charge is 0.0672 e. The molecule has 1 nitrogen and oxygen atoms in total. The fourth-order valence-electron chi connectivity index (χ4n) is 4.57. The van der Waals surface area contributed by atoms with Gasteiger partial charge in [0.05, 0.1) is 11.6 Å². The van der Waals surface area contributed by atoms with Crippen molar-refractivity contribution >= 4 is 17.0 Å². The highest BCUT2D eigenvalue weighted by molar-refractivity contribution is 7.10. The van der Waals surface area contributed by atoms with Crippen LogP contribution in [0.25, 0.3) is 0 Å². The molecule has 1 saturated carbocycles. The third kappa shape index (κ3) is 1.81. The molecule has 1 aliphatic carbocycles. The van der Waals surface area contributed by atoms with Crippen LogP contribution in [0.3, 0.4) is 0 Å². The van der Waals surface area contributed by atoms with Gasteiger partial charge in [-0.05, 0) is 55.3 Å². The van der Waals surface area contributed by atoms with Gasteiger partial charge in [0.2, 0.25) is 0 Å². The predicted molar refractivity (Wildman–Crippen MR) is 91.2 cm³/mol. The molecular formula is C19H23NS. The number of thiophene rings is 1. The molecule has 1 aliphatic heterocycles. The second-order valence-corrected chi connectivity index (χ2v) is 7.57. The van der Waals surface area contributed by atoms with Crippen molar-refractivity contribution in [1.82, 2.24) is 0 Å². The number of hydrogen-bond donors (Lipinski definition) is 0. The minimum atomic E-state index is 0.263. The lowest BCUT2D eigenvalue weighted by Crippen LogP contribution is -2.44. The zero-order valence-corrected chi connectivity index (χ0v) is 13.7. The van der Waals surface area contributed by atoms with Crippen LogP contribution in [-0.4, -0.2) is 0 Å². The van der Waals surface area contributed by atoms with Crippen molar-refractivity contribution in [2.75, 3.05) is 4.90 Å². The molecule has 0 saturated heterocycles. The lowest BCUT2D eigenvalue weighted by Gasteiger charge is -2.46. The summed E-state index contributed by atoms with van der Waals surface area (Å²) in [6.45, 7) is 4.65. The Morgan fingerprint density at radius 1 is 1.10 bits per heavy atom. The third-order valence-corrected chi connectivity index (χ3v) is 6.57. The van der Waals surface area contributed by atoms with Crippen molar-refractivity contribution in [2.24, 2.45) is 0 Å². The second-order valence-electron chi connectivity index (χ2n) is 6.62. The van der Waals surface area contributed by atoms with Crippen molar-refractivity contribution in [2.45, 2.75) is 57.5 Å². The average molecular weight is 297 g/mol. The lowest BCUT2D eigenvalue weighted by molar-refractivity contribution is 0.284. The van der Waals surface area contributed by atoms with E-state index in [-0.39, 0.29) is 5.54 Å². The number of para-hydroxylation sites is 1. The van der Waals surface area contributed by atoms with Crippen LogP contribution in [0.2, 0.25) is 0 Å². The predicted octanol–water partition coefficient (Wildman–Crippen LogP) is 5.80. The molecule has 0 N–H and O–H groups in total. The summed E-state index contributed by atoms with van der Waals surface area (Å²) in [5.74, 6) is 0. The topological polar surface area (TPSA) is 3.24 Å². The minimum Gasteiger partial charge on any atom is -0.354 e. The van der Waals surface area contributed by atoms with Gasteiger partial charge in [-0.25, -0.2) is 0 Å². The fraction of sp³-hybridized carbons (Fsp3) is 0.474. The highest BCUT2D eigenvalue weighted by atomic mass is 32.1. The van der Waals surface area contributed by atoms with E-state index in [2.05, 4.69) is 54.5 Å². The largest absolute Gasteiger partial charge is 0.354 e. The normalized spacial score (nSPS) is 23.5. The number of rotatable bonds is 1. The summed E-state index contributed by atoms with van der Waals surface area (Å²) < 4.78 is 0. The summed E-state index contributed by atoms with van der Waals surface area (Å²) in [6.07, 6.45) is 6.76. The Hall–Kier alpha value is -1.28. The molecular weight excluding hydrogens is 274 g/mol. The first-order chi connectivity index (χ1) is 10.2. The summed E-state index contributed by atoms with van der Waals surface area (Å²) in [4.78, 5) is 4.35. The average Bonchev–Trinajstić information content (AvgIpc) is 3.06. The van der Waals surface area contributed by atoms with Crippen molar-refractivity contribution in [3.05, 3.63) is 51.7 Å². The van der Waals surface area contributed by atoms with Gasteiger partial charge in [-0.1, -0.05) is 37.5 Å². The van der Waals surface area contributed by atoms with Gasteiger partial charge in [0, 0.05) is 10.6 Å². The van der Waals surface area contributed by atoms with Crippen LogP contribution in [-0.2, 0) is 5.54 Å². The third-order valence-electron chi connectivity index (χ3n) is 5.48. The second kappa shape index (κ2) is 4.88. The molecule has 0 radical (unpaired) electrons. The first-order valence-electron chi connectivity index (χ1n) is 8.17. The summed E-state index contributed by atoms with van der Waals surface area (Å²) in [7, 11) is 0. The van der Waals surface area contributed by atoms with E-state index in [1.807, 2.05) is 11.3 Å². The molecule has 1 fully saturated rings. The van der Waals surface area contributed by atoms with E-state index >= 15 is 0 Å². The highest BCUT2D eigenvalue weighted by Crippen LogP contribution is 2.57. The molecule has 21 heavy (non-hydrogen) atoms. The Morgan fingerprint density at radius 2 is 1.86 bits per heavy atom. The molecule has 2 heterocycles. The standard InChI is InChI=1S/C19H23NS/c1-14-8-4-5-9-17(14)20-15(2)18-16(10-13-21-18)19(20)11-6-3-7-12-19/h4-5,8-10,13,15H,3,6-7,11-12H2,1-2H3.